The van der Waals surface area contributed by atoms with Crippen LogP contribution in [-0.2, 0) is 0 Å². The normalized spacial score (nSPS) is 26.7. The molecular formula is C16H29N3O. The Morgan fingerprint density at radius 3 is 2.35 bits per heavy atom. The minimum absolute atomic E-state index is 0.281. The summed E-state index contributed by atoms with van der Waals surface area (Å²) in [6.07, 6.45) is 4.98. The molecule has 0 aromatic carbocycles. The second kappa shape index (κ2) is 6.70. The van der Waals surface area contributed by atoms with Crippen LogP contribution in [0.15, 0.2) is 4.52 Å². The SMILES string of the molecule is CNC(C)C(c1nc(C2CCC(C)CC2)no1)C(C)C. The maximum absolute atomic E-state index is 5.59. The summed E-state index contributed by atoms with van der Waals surface area (Å²) in [5, 5.41) is 7.58. The lowest BCUT2D eigenvalue weighted by Crippen LogP contribution is -2.32. The molecule has 20 heavy (non-hydrogen) atoms. The van der Waals surface area contributed by atoms with Crippen LogP contribution in [0.5, 0.6) is 0 Å². The summed E-state index contributed by atoms with van der Waals surface area (Å²) in [6, 6.07) is 0.342. The molecule has 0 spiro atoms. The number of hydrogen-bond acceptors (Lipinski definition) is 4. The fourth-order valence-corrected chi connectivity index (χ4v) is 3.32. The first kappa shape index (κ1) is 15.5. The van der Waals surface area contributed by atoms with Crippen LogP contribution < -0.4 is 5.32 Å². The van der Waals surface area contributed by atoms with Gasteiger partial charge >= 0.3 is 0 Å². The zero-order valence-electron chi connectivity index (χ0n) is 13.5. The molecule has 2 atom stereocenters. The molecule has 1 aliphatic carbocycles. The van der Waals surface area contributed by atoms with E-state index < -0.39 is 0 Å². The predicted molar refractivity (Wildman–Crippen MR) is 80.8 cm³/mol. The van der Waals surface area contributed by atoms with Crippen LogP contribution in [0.3, 0.4) is 0 Å². The summed E-state index contributed by atoms with van der Waals surface area (Å²) < 4.78 is 5.59. The zero-order chi connectivity index (χ0) is 14.7. The van der Waals surface area contributed by atoms with Gasteiger partial charge in [-0.15, -0.1) is 0 Å². The van der Waals surface area contributed by atoms with Crippen molar-refractivity contribution in [1.82, 2.24) is 15.5 Å². The third-order valence-corrected chi connectivity index (χ3v) is 4.84. The number of nitrogens with one attached hydrogen (secondary N) is 1. The maximum Gasteiger partial charge on any atom is 0.231 e. The number of hydrogen-bond donors (Lipinski definition) is 1. The smallest absolute Gasteiger partial charge is 0.231 e. The van der Waals surface area contributed by atoms with E-state index in [0.29, 0.717) is 17.9 Å². The summed E-state index contributed by atoms with van der Waals surface area (Å²) in [7, 11) is 1.99. The second-order valence-corrected chi connectivity index (χ2v) is 6.79. The Kier molecular flexibility index (Phi) is 5.19. The average Bonchev–Trinajstić information content (AvgIpc) is 2.88. The van der Waals surface area contributed by atoms with Gasteiger partial charge in [0, 0.05) is 12.0 Å². The Morgan fingerprint density at radius 2 is 1.80 bits per heavy atom. The molecule has 1 aromatic rings. The fraction of sp³-hybridized carbons (Fsp3) is 0.875. The molecule has 114 valence electrons. The molecule has 0 amide bonds. The molecule has 1 aliphatic rings. The van der Waals surface area contributed by atoms with Crippen LogP contribution in [0.2, 0.25) is 0 Å². The maximum atomic E-state index is 5.59. The van der Waals surface area contributed by atoms with Crippen LogP contribution in [0.4, 0.5) is 0 Å². The molecule has 1 aromatic heterocycles. The summed E-state index contributed by atoms with van der Waals surface area (Å²) in [5.41, 5.74) is 0. The van der Waals surface area contributed by atoms with Crippen LogP contribution >= 0.6 is 0 Å². The van der Waals surface area contributed by atoms with Crippen molar-refractivity contribution in [3.63, 3.8) is 0 Å². The lowest BCUT2D eigenvalue weighted by Gasteiger charge is -2.24. The number of aromatic nitrogens is 2. The number of likely N-dealkylation sites (N-methyl/N-ethyl adjacent to an activating group) is 1. The molecule has 4 heteroatoms. The van der Waals surface area contributed by atoms with Gasteiger partial charge in [0.2, 0.25) is 5.89 Å². The standard InChI is InChI=1S/C16H29N3O/c1-10(2)14(12(4)17-5)16-18-15(19-20-16)13-8-6-11(3)7-9-13/h10-14,17H,6-9H2,1-5H3. The molecule has 1 heterocycles. The van der Waals surface area contributed by atoms with E-state index in [9.17, 15) is 0 Å². The fourth-order valence-electron chi connectivity index (χ4n) is 3.32. The van der Waals surface area contributed by atoms with Gasteiger partial charge in [-0.3, -0.25) is 0 Å². The van der Waals surface area contributed by atoms with Crippen molar-refractivity contribution >= 4 is 0 Å². The van der Waals surface area contributed by atoms with E-state index in [0.717, 1.165) is 17.6 Å². The van der Waals surface area contributed by atoms with Crippen molar-refractivity contribution in [2.45, 2.75) is 71.3 Å². The van der Waals surface area contributed by atoms with E-state index in [2.05, 4.69) is 38.2 Å². The first-order valence-electron chi connectivity index (χ1n) is 8.03. The largest absolute Gasteiger partial charge is 0.339 e. The first-order chi connectivity index (χ1) is 9.52. The van der Waals surface area contributed by atoms with Gasteiger partial charge in [0.05, 0.1) is 5.92 Å². The minimum atomic E-state index is 0.281. The minimum Gasteiger partial charge on any atom is -0.339 e. The lowest BCUT2D eigenvalue weighted by molar-refractivity contribution is 0.281. The van der Waals surface area contributed by atoms with Gasteiger partial charge in [-0.1, -0.05) is 38.8 Å². The van der Waals surface area contributed by atoms with Crippen LogP contribution in [0.1, 0.15) is 76.9 Å². The molecule has 2 rings (SSSR count). The van der Waals surface area contributed by atoms with Gasteiger partial charge in [0.1, 0.15) is 0 Å². The van der Waals surface area contributed by atoms with Gasteiger partial charge in [-0.25, -0.2) is 0 Å². The molecule has 0 bridgehead atoms. The highest BCUT2D eigenvalue weighted by molar-refractivity contribution is 5.03. The Balaban J connectivity index is 2.10. The van der Waals surface area contributed by atoms with Crippen LogP contribution in [-0.4, -0.2) is 23.2 Å². The van der Waals surface area contributed by atoms with Crippen molar-refractivity contribution < 1.29 is 4.52 Å². The van der Waals surface area contributed by atoms with Crippen molar-refractivity contribution in [2.75, 3.05) is 7.05 Å². The highest BCUT2D eigenvalue weighted by Crippen LogP contribution is 2.35. The summed E-state index contributed by atoms with van der Waals surface area (Å²) >= 11 is 0. The van der Waals surface area contributed by atoms with E-state index >= 15 is 0 Å². The molecule has 0 aliphatic heterocycles. The molecular weight excluding hydrogens is 250 g/mol. The molecule has 0 saturated heterocycles. The van der Waals surface area contributed by atoms with Gasteiger partial charge < -0.3 is 9.84 Å². The van der Waals surface area contributed by atoms with Gasteiger partial charge in [-0.05, 0) is 38.6 Å². The van der Waals surface area contributed by atoms with Crippen molar-refractivity contribution in [3.8, 4) is 0 Å². The second-order valence-electron chi connectivity index (χ2n) is 6.79. The predicted octanol–water partition coefficient (Wildman–Crippen LogP) is 3.71. The molecule has 2 unspecified atom stereocenters. The van der Waals surface area contributed by atoms with Crippen molar-refractivity contribution in [1.29, 1.82) is 0 Å². The Hall–Kier alpha value is -0.900. The highest BCUT2D eigenvalue weighted by Gasteiger charge is 2.30. The van der Waals surface area contributed by atoms with Crippen LogP contribution in [0, 0.1) is 11.8 Å². The summed E-state index contributed by atoms with van der Waals surface area (Å²) in [4.78, 5) is 4.73. The van der Waals surface area contributed by atoms with Gasteiger partial charge in [0.15, 0.2) is 5.82 Å². The Morgan fingerprint density at radius 1 is 1.15 bits per heavy atom. The van der Waals surface area contributed by atoms with E-state index in [1.165, 1.54) is 25.7 Å². The third-order valence-electron chi connectivity index (χ3n) is 4.84. The molecule has 1 fully saturated rings. The highest BCUT2D eigenvalue weighted by atomic mass is 16.5. The Labute approximate surface area is 122 Å². The monoisotopic (exact) mass is 279 g/mol. The summed E-state index contributed by atoms with van der Waals surface area (Å²) in [5.74, 6) is 3.85. The lowest BCUT2D eigenvalue weighted by atomic mass is 9.82. The molecule has 4 nitrogen and oxygen atoms in total. The van der Waals surface area contributed by atoms with Crippen LogP contribution in [0.25, 0.3) is 0 Å². The Bertz CT molecular complexity index is 408. The first-order valence-corrected chi connectivity index (χ1v) is 8.03. The number of nitrogens with zero attached hydrogens (tertiary/aromatic N) is 2. The molecule has 0 radical (unpaired) electrons. The van der Waals surface area contributed by atoms with Crippen molar-refractivity contribution in [2.24, 2.45) is 11.8 Å². The van der Waals surface area contributed by atoms with E-state index in [4.69, 9.17) is 9.51 Å². The van der Waals surface area contributed by atoms with E-state index in [1.807, 2.05) is 7.05 Å². The van der Waals surface area contributed by atoms with Gasteiger partial charge in [-0.2, -0.15) is 4.98 Å². The van der Waals surface area contributed by atoms with Gasteiger partial charge in [0.25, 0.3) is 0 Å². The quantitative estimate of drug-likeness (QED) is 0.892. The topological polar surface area (TPSA) is 51.0 Å². The third kappa shape index (κ3) is 3.40. The van der Waals surface area contributed by atoms with Crippen molar-refractivity contribution in [3.05, 3.63) is 11.7 Å². The molecule has 1 saturated carbocycles. The molecule has 1 N–H and O–H groups in total. The van der Waals surface area contributed by atoms with E-state index in [-0.39, 0.29) is 5.92 Å². The number of rotatable bonds is 5. The van der Waals surface area contributed by atoms with E-state index in [1.54, 1.807) is 0 Å². The zero-order valence-corrected chi connectivity index (χ0v) is 13.5. The average molecular weight is 279 g/mol. The summed E-state index contributed by atoms with van der Waals surface area (Å²) in [6.45, 7) is 8.94.